The Morgan fingerprint density at radius 2 is 1.31 bits per heavy atom. The van der Waals surface area contributed by atoms with Crippen LogP contribution < -0.4 is 16.0 Å². The van der Waals surface area contributed by atoms with Crippen molar-refractivity contribution in [3.8, 4) is 0 Å². The third kappa shape index (κ3) is 12.3. The van der Waals surface area contributed by atoms with Crippen molar-refractivity contribution in [2.75, 3.05) is 44.2 Å². The van der Waals surface area contributed by atoms with E-state index in [1.54, 1.807) is 9.80 Å². The van der Waals surface area contributed by atoms with Gasteiger partial charge in [-0.25, -0.2) is 9.59 Å². The summed E-state index contributed by atoms with van der Waals surface area (Å²) in [7, 11) is 0. The Bertz CT molecular complexity index is 1580. The lowest BCUT2D eigenvalue weighted by molar-refractivity contribution is -0.139. The molecule has 1 heterocycles. The fourth-order valence-electron chi connectivity index (χ4n) is 6.68. The van der Waals surface area contributed by atoms with Crippen molar-refractivity contribution in [3.63, 3.8) is 0 Å². The molecular weight excluding hydrogens is 684 g/mol. The van der Waals surface area contributed by atoms with Gasteiger partial charge < -0.3 is 25.6 Å². The summed E-state index contributed by atoms with van der Waals surface area (Å²) in [6.07, 6.45) is 5.77. The minimum absolute atomic E-state index is 0.00307. The Labute approximate surface area is 319 Å². The molecule has 2 unspecified atom stereocenters. The number of piperidine rings is 1. The second kappa shape index (κ2) is 22.0. The van der Waals surface area contributed by atoms with Crippen LogP contribution in [0.2, 0.25) is 0 Å². The van der Waals surface area contributed by atoms with Crippen LogP contribution in [0, 0.1) is 5.92 Å². The molecule has 0 radical (unpaired) electrons. The van der Waals surface area contributed by atoms with Crippen molar-refractivity contribution in [1.29, 1.82) is 0 Å². The van der Waals surface area contributed by atoms with Gasteiger partial charge in [0.2, 0.25) is 17.7 Å². The van der Waals surface area contributed by atoms with Crippen molar-refractivity contribution in [1.82, 2.24) is 20.0 Å². The van der Waals surface area contributed by atoms with Gasteiger partial charge in [-0.05, 0) is 55.5 Å². The molecular formula is C42H56N6O6. The predicted molar refractivity (Wildman–Crippen MR) is 210 cm³/mol. The van der Waals surface area contributed by atoms with Crippen molar-refractivity contribution in [3.05, 3.63) is 96.6 Å². The van der Waals surface area contributed by atoms with Crippen LogP contribution in [0.25, 0.3) is 0 Å². The highest BCUT2D eigenvalue weighted by molar-refractivity contribution is 6.01. The average Bonchev–Trinajstić information content (AvgIpc) is 3.19. The van der Waals surface area contributed by atoms with E-state index in [0.717, 1.165) is 49.0 Å². The fraction of sp³-hybridized carbons (Fsp3) is 0.452. The SMILES string of the molecule is CCCCCN(CCCCC)C(=O)C1CCN(C(=O)N(c2ccccc2)c2ccccc2)C(C(=O)NCCN(CC(N)=O)C(=O)OCc2ccccc2)C1. The molecule has 3 aromatic carbocycles. The first kappa shape index (κ1) is 41.4. The third-order valence-corrected chi connectivity index (χ3v) is 9.59. The topological polar surface area (TPSA) is 146 Å². The van der Waals surface area contributed by atoms with Crippen LogP contribution in [0.15, 0.2) is 91.0 Å². The van der Waals surface area contributed by atoms with Gasteiger partial charge in [-0.2, -0.15) is 0 Å². The fourth-order valence-corrected chi connectivity index (χ4v) is 6.68. The molecule has 4 rings (SSSR count). The van der Waals surface area contributed by atoms with Gasteiger partial charge in [-0.15, -0.1) is 0 Å². The Kier molecular flexibility index (Phi) is 16.8. The summed E-state index contributed by atoms with van der Waals surface area (Å²) in [5.41, 5.74) is 7.50. The molecule has 3 N–H and O–H groups in total. The van der Waals surface area contributed by atoms with E-state index in [0.29, 0.717) is 30.9 Å². The van der Waals surface area contributed by atoms with Crippen LogP contribution >= 0.6 is 0 Å². The van der Waals surface area contributed by atoms with Crippen LogP contribution in [-0.4, -0.2) is 89.9 Å². The second-order valence-corrected chi connectivity index (χ2v) is 13.7. The van der Waals surface area contributed by atoms with E-state index in [4.69, 9.17) is 10.5 Å². The third-order valence-electron chi connectivity index (χ3n) is 9.59. The minimum Gasteiger partial charge on any atom is -0.445 e. The molecule has 0 aromatic heterocycles. The van der Waals surface area contributed by atoms with E-state index < -0.39 is 36.4 Å². The first-order chi connectivity index (χ1) is 26.2. The molecule has 290 valence electrons. The number of carbonyl (C=O) groups excluding carboxylic acids is 5. The van der Waals surface area contributed by atoms with Gasteiger partial charge in [0.25, 0.3) is 0 Å². The van der Waals surface area contributed by atoms with Gasteiger partial charge in [0, 0.05) is 38.6 Å². The van der Waals surface area contributed by atoms with Crippen molar-refractivity contribution >= 4 is 41.2 Å². The summed E-state index contributed by atoms with van der Waals surface area (Å²) in [5.74, 6) is -1.62. The number of likely N-dealkylation sites (tertiary alicyclic amines) is 1. The molecule has 3 aromatic rings. The molecule has 0 spiro atoms. The van der Waals surface area contributed by atoms with E-state index >= 15 is 0 Å². The molecule has 12 heteroatoms. The monoisotopic (exact) mass is 740 g/mol. The summed E-state index contributed by atoms with van der Waals surface area (Å²) >= 11 is 0. The maximum absolute atomic E-state index is 14.6. The smallest absolute Gasteiger partial charge is 0.410 e. The number of anilines is 2. The molecule has 0 aliphatic carbocycles. The highest BCUT2D eigenvalue weighted by Gasteiger charge is 2.41. The molecule has 1 saturated heterocycles. The number of ether oxygens (including phenoxy) is 1. The van der Waals surface area contributed by atoms with E-state index in [9.17, 15) is 24.0 Å². The molecule has 54 heavy (non-hydrogen) atoms. The zero-order chi connectivity index (χ0) is 38.7. The zero-order valence-electron chi connectivity index (χ0n) is 31.7. The van der Waals surface area contributed by atoms with E-state index in [2.05, 4.69) is 19.2 Å². The molecule has 1 fully saturated rings. The number of nitrogens with one attached hydrogen (secondary N) is 1. The van der Waals surface area contributed by atoms with Gasteiger partial charge in [-0.3, -0.25) is 24.2 Å². The van der Waals surface area contributed by atoms with Crippen LogP contribution in [0.4, 0.5) is 21.0 Å². The van der Waals surface area contributed by atoms with Crippen LogP contribution in [0.1, 0.15) is 70.8 Å². The number of unbranched alkanes of at least 4 members (excludes halogenated alkanes) is 4. The number of para-hydroxylation sites is 2. The average molecular weight is 741 g/mol. The lowest BCUT2D eigenvalue weighted by Crippen LogP contribution is -2.58. The Hall–Kier alpha value is -5.39. The molecule has 6 amide bonds. The van der Waals surface area contributed by atoms with Crippen molar-refractivity contribution in [2.45, 2.75) is 77.9 Å². The molecule has 12 nitrogen and oxygen atoms in total. The lowest BCUT2D eigenvalue weighted by Gasteiger charge is -2.41. The first-order valence-electron chi connectivity index (χ1n) is 19.2. The van der Waals surface area contributed by atoms with Crippen molar-refractivity contribution < 1.29 is 28.7 Å². The summed E-state index contributed by atoms with van der Waals surface area (Å²) in [6.45, 7) is 5.30. The van der Waals surface area contributed by atoms with Gasteiger partial charge in [0.05, 0.1) is 11.4 Å². The number of nitrogens with two attached hydrogens (primary N) is 1. The minimum atomic E-state index is -0.974. The molecule has 2 atom stereocenters. The maximum atomic E-state index is 14.6. The number of primary amides is 1. The number of urea groups is 1. The molecule has 1 aliphatic rings. The number of carbonyl (C=O) groups is 5. The number of hydrogen-bond donors (Lipinski definition) is 2. The first-order valence-corrected chi connectivity index (χ1v) is 19.2. The Morgan fingerprint density at radius 1 is 0.759 bits per heavy atom. The zero-order valence-corrected chi connectivity index (χ0v) is 31.7. The van der Waals surface area contributed by atoms with Gasteiger partial charge in [0.15, 0.2) is 0 Å². The number of benzene rings is 3. The Balaban J connectivity index is 1.55. The predicted octanol–water partition coefficient (Wildman–Crippen LogP) is 6.47. The van der Waals surface area contributed by atoms with Crippen LogP contribution in [0.3, 0.4) is 0 Å². The summed E-state index contributed by atoms with van der Waals surface area (Å²) in [5, 5.41) is 2.88. The summed E-state index contributed by atoms with van der Waals surface area (Å²) < 4.78 is 5.42. The largest absolute Gasteiger partial charge is 0.445 e. The number of amides is 6. The molecule has 1 aliphatic heterocycles. The quantitative estimate of drug-likeness (QED) is 0.135. The van der Waals surface area contributed by atoms with Gasteiger partial charge in [0.1, 0.15) is 19.2 Å². The summed E-state index contributed by atoms with van der Waals surface area (Å²) in [4.78, 5) is 74.0. The van der Waals surface area contributed by atoms with E-state index in [-0.39, 0.29) is 44.6 Å². The Morgan fingerprint density at radius 3 is 1.85 bits per heavy atom. The van der Waals surface area contributed by atoms with Crippen LogP contribution in [-0.2, 0) is 25.7 Å². The summed E-state index contributed by atoms with van der Waals surface area (Å²) in [6, 6.07) is 26.3. The normalized spacial score (nSPS) is 15.2. The highest BCUT2D eigenvalue weighted by atomic mass is 16.6. The van der Waals surface area contributed by atoms with E-state index in [1.807, 2.05) is 95.9 Å². The van der Waals surface area contributed by atoms with Crippen LogP contribution in [0.5, 0.6) is 0 Å². The van der Waals surface area contributed by atoms with Crippen molar-refractivity contribution in [2.24, 2.45) is 11.7 Å². The second-order valence-electron chi connectivity index (χ2n) is 13.7. The number of nitrogens with zero attached hydrogens (tertiary/aromatic N) is 4. The lowest BCUT2D eigenvalue weighted by atomic mass is 9.88. The number of hydrogen-bond acceptors (Lipinski definition) is 6. The van der Waals surface area contributed by atoms with Gasteiger partial charge in [-0.1, -0.05) is 106 Å². The standard InChI is InChI=1S/C42H56N6O6/c1-3-5-16-26-45(27-17-6-4-2)40(51)34-24-28-47(41(52)48(35-20-12-8-13-21-35)36-22-14-9-15-23-36)37(30-34)39(50)44-25-29-46(31-38(43)49)42(53)54-32-33-18-10-7-11-19-33/h7-15,18-23,34,37H,3-6,16-17,24-32H2,1-2H3,(H2,43,49)(H,44,50). The van der Waals surface area contributed by atoms with Gasteiger partial charge >= 0.3 is 12.1 Å². The maximum Gasteiger partial charge on any atom is 0.410 e. The molecule has 0 saturated carbocycles. The van der Waals surface area contributed by atoms with E-state index in [1.165, 1.54) is 0 Å². The highest BCUT2D eigenvalue weighted by Crippen LogP contribution is 2.32. The number of rotatable bonds is 19. The molecule has 0 bridgehead atoms.